The zero-order chi connectivity index (χ0) is 24.8. The molecule has 4 N–H and O–H groups in total. The third-order valence-corrected chi connectivity index (χ3v) is 5.84. The fourth-order valence-electron chi connectivity index (χ4n) is 3.95. The molecule has 2 amide bonds. The number of rotatable bonds is 8. The van der Waals surface area contributed by atoms with Gasteiger partial charge in [-0.1, -0.05) is 19.1 Å². The topological polar surface area (TPSA) is 116 Å². The number of piperazine rings is 1. The molecule has 10 heteroatoms. The van der Waals surface area contributed by atoms with E-state index in [4.69, 9.17) is 5.73 Å². The molecule has 2 aromatic carbocycles. The van der Waals surface area contributed by atoms with Crippen molar-refractivity contribution in [2.45, 2.75) is 19.9 Å². The van der Waals surface area contributed by atoms with Gasteiger partial charge in [0.2, 0.25) is 5.91 Å². The van der Waals surface area contributed by atoms with Crippen molar-refractivity contribution in [1.29, 1.82) is 0 Å². The highest BCUT2D eigenvalue weighted by Crippen LogP contribution is 2.24. The summed E-state index contributed by atoms with van der Waals surface area (Å²) in [6.45, 7) is 5.20. The first-order chi connectivity index (χ1) is 16.9. The molecule has 0 saturated carbocycles. The van der Waals surface area contributed by atoms with E-state index in [1.165, 1.54) is 12.1 Å². The van der Waals surface area contributed by atoms with E-state index in [1.807, 2.05) is 36.1 Å². The summed E-state index contributed by atoms with van der Waals surface area (Å²) in [6, 6.07) is 15.7. The standard InChI is InChI=1S/C25H28FN7O2/c1-2-23(34)33-12-10-32(11-13-33)20-8-6-19(7-9-20)29-22-15-21(24(25(27)35)31-30-22)28-16-17-4-3-5-18(26)14-17/h3-9,14-15H,2,10-13,16H2,1H3,(H2,27,35)(H2,28,29,30). The number of aromatic nitrogens is 2. The Morgan fingerprint density at radius 1 is 1.03 bits per heavy atom. The highest BCUT2D eigenvalue weighted by Gasteiger charge is 2.20. The highest BCUT2D eigenvalue weighted by atomic mass is 19.1. The summed E-state index contributed by atoms with van der Waals surface area (Å²) in [5, 5.41) is 14.3. The Bertz CT molecular complexity index is 1190. The molecule has 182 valence electrons. The van der Waals surface area contributed by atoms with Gasteiger partial charge in [-0.3, -0.25) is 9.59 Å². The van der Waals surface area contributed by atoms with Crippen LogP contribution in [0.25, 0.3) is 0 Å². The summed E-state index contributed by atoms with van der Waals surface area (Å²) in [5.74, 6) is -0.432. The lowest BCUT2D eigenvalue weighted by Crippen LogP contribution is -2.48. The number of halogens is 1. The summed E-state index contributed by atoms with van der Waals surface area (Å²) in [7, 11) is 0. The maximum absolute atomic E-state index is 13.5. The second-order valence-electron chi connectivity index (χ2n) is 8.23. The number of hydrogen-bond acceptors (Lipinski definition) is 7. The lowest BCUT2D eigenvalue weighted by molar-refractivity contribution is -0.131. The summed E-state index contributed by atoms with van der Waals surface area (Å²) in [5.41, 5.74) is 8.43. The van der Waals surface area contributed by atoms with E-state index in [0.717, 1.165) is 37.6 Å². The molecule has 1 aliphatic rings. The second-order valence-corrected chi connectivity index (χ2v) is 8.23. The third kappa shape index (κ3) is 6.03. The van der Waals surface area contributed by atoms with Gasteiger partial charge in [0.05, 0.1) is 5.69 Å². The van der Waals surface area contributed by atoms with E-state index in [0.29, 0.717) is 23.5 Å². The largest absolute Gasteiger partial charge is 0.379 e. The van der Waals surface area contributed by atoms with Crippen molar-refractivity contribution >= 4 is 34.7 Å². The summed E-state index contributed by atoms with van der Waals surface area (Å²) < 4.78 is 13.5. The smallest absolute Gasteiger partial charge is 0.271 e. The molecule has 0 spiro atoms. The van der Waals surface area contributed by atoms with Gasteiger partial charge in [-0.15, -0.1) is 10.2 Å². The van der Waals surface area contributed by atoms with Crippen LogP contribution in [0.5, 0.6) is 0 Å². The predicted molar refractivity (Wildman–Crippen MR) is 133 cm³/mol. The van der Waals surface area contributed by atoms with Crippen LogP contribution in [0, 0.1) is 5.82 Å². The first-order valence-electron chi connectivity index (χ1n) is 11.5. The molecule has 1 fully saturated rings. The number of nitrogens with zero attached hydrogens (tertiary/aromatic N) is 4. The molecule has 0 unspecified atom stereocenters. The molecule has 3 aromatic rings. The first-order valence-corrected chi connectivity index (χ1v) is 11.5. The van der Waals surface area contributed by atoms with Gasteiger partial charge in [0.15, 0.2) is 11.5 Å². The van der Waals surface area contributed by atoms with Gasteiger partial charge in [0.25, 0.3) is 5.91 Å². The molecule has 1 saturated heterocycles. The highest BCUT2D eigenvalue weighted by molar-refractivity contribution is 5.96. The number of anilines is 4. The Hall–Kier alpha value is -4.21. The molecular formula is C25H28FN7O2. The van der Waals surface area contributed by atoms with E-state index in [-0.39, 0.29) is 24.0 Å². The molecule has 9 nitrogen and oxygen atoms in total. The van der Waals surface area contributed by atoms with Gasteiger partial charge in [0.1, 0.15) is 5.82 Å². The maximum Gasteiger partial charge on any atom is 0.271 e. The fourth-order valence-corrected chi connectivity index (χ4v) is 3.95. The molecule has 0 radical (unpaired) electrons. The molecule has 1 aromatic heterocycles. The molecule has 0 bridgehead atoms. The van der Waals surface area contributed by atoms with Crippen LogP contribution in [0.3, 0.4) is 0 Å². The molecule has 35 heavy (non-hydrogen) atoms. The van der Waals surface area contributed by atoms with Crippen LogP contribution in [-0.4, -0.2) is 53.1 Å². The van der Waals surface area contributed by atoms with Gasteiger partial charge in [0, 0.05) is 56.6 Å². The Kier molecular flexibility index (Phi) is 7.39. The lowest BCUT2D eigenvalue weighted by atomic mass is 10.2. The van der Waals surface area contributed by atoms with Gasteiger partial charge in [-0.05, 0) is 42.0 Å². The van der Waals surface area contributed by atoms with Crippen molar-refractivity contribution in [3.63, 3.8) is 0 Å². The fraction of sp³-hybridized carbons (Fsp3) is 0.280. The summed E-state index contributed by atoms with van der Waals surface area (Å²) in [4.78, 5) is 27.8. The zero-order valence-electron chi connectivity index (χ0n) is 19.5. The monoisotopic (exact) mass is 477 g/mol. The average molecular weight is 478 g/mol. The minimum atomic E-state index is -0.712. The third-order valence-electron chi connectivity index (χ3n) is 5.84. The summed E-state index contributed by atoms with van der Waals surface area (Å²) in [6.07, 6.45) is 0.533. The minimum absolute atomic E-state index is 0.00278. The van der Waals surface area contributed by atoms with Crippen LogP contribution in [0.1, 0.15) is 29.4 Å². The van der Waals surface area contributed by atoms with E-state index in [9.17, 15) is 14.0 Å². The van der Waals surface area contributed by atoms with Crippen LogP contribution in [0.2, 0.25) is 0 Å². The SMILES string of the molecule is CCC(=O)N1CCN(c2ccc(Nc3cc(NCc4cccc(F)c4)c(C(N)=O)nn3)cc2)CC1. The average Bonchev–Trinajstić information content (AvgIpc) is 2.87. The first kappa shape index (κ1) is 23.9. The molecule has 1 aliphatic heterocycles. The van der Waals surface area contributed by atoms with Crippen molar-refractivity contribution < 1.29 is 14.0 Å². The number of benzene rings is 2. The number of hydrogen-bond donors (Lipinski definition) is 3. The van der Waals surface area contributed by atoms with Crippen molar-refractivity contribution in [3.8, 4) is 0 Å². The number of nitrogens with two attached hydrogens (primary N) is 1. The van der Waals surface area contributed by atoms with Gasteiger partial charge < -0.3 is 26.2 Å². The maximum atomic E-state index is 13.5. The van der Waals surface area contributed by atoms with Crippen LogP contribution < -0.4 is 21.3 Å². The quantitative estimate of drug-likeness (QED) is 0.456. The van der Waals surface area contributed by atoms with E-state index < -0.39 is 5.91 Å². The van der Waals surface area contributed by atoms with Crippen molar-refractivity contribution in [3.05, 3.63) is 71.7 Å². The summed E-state index contributed by atoms with van der Waals surface area (Å²) >= 11 is 0. The molecular weight excluding hydrogens is 449 g/mol. The molecule has 4 rings (SSSR count). The minimum Gasteiger partial charge on any atom is -0.379 e. The number of amides is 2. The van der Waals surface area contributed by atoms with Crippen molar-refractivity contribution in [2.24, 2.45) is 5.73 Å². The van der Waals surface area contributed by atoms with Crippen LogP contribution >= 0.6 is 0 Å². The van der Waals surface area contributed by atoms with E-state index >= 15 is 0 Å². The second kappa shape index (κ2) is 10.8. The van der Waals surface area contributed by atoms with Gasteiger partial charge in [-0.25, -0.2) is 4.39 Å². The van der Waals surface area contributed by atoms with Crippen LogP contribution in [0.4, 0.5) is 27.3 Å². The Morgan fingerprint density at radius 3 is 2.43 bits per heavy atom. The normalized spacial score (nSPS) is 13.4. The number of primary amides is 1. The van der Waals surface area contributed by atoms with Gasteiger partial charge >= 0.3 is 0 Å². The molecule has 0 aliphatic carbocycles. The van der Waals surface area contributed by atoms with Gasteiger partial charge in [-0.2, -0.15) is 0 Å². The Labute approximate surface area is 203 Å². The van der Waals surface area contributed by atoms with Crippen molar-refractivity contribution in [1.82, 2.24) is 15.1 Å². The number of nitrogens with one attached hydrogen (secondary N) is 2. The van der Waals surface area contributed by atoms with E-state index in [2.05, 4.69) is 25.7 Å². The van der Waals surface area contributed by atoms with Crippen LogP contribution in [-0.2, 0) is 11.3 Å². The van der Waals surface area contributed by atoms with Crippen molar-refractivity contribution in [2.75, 3.05) is 41.7 Å². The Balaban J connectivity index is 1.41. The number of carbonyl (C=O) groups excluding carboxylic acids is 2. The van der Waals surface area contributed by atoms with Crippen LogP contribution in [0.15, 0.2) is 54.6 Å². The molecule has 0 atom stereocenters. The lowest BCUT2D eigenvalue weighted by Gasteiger charge is -2.36. The number of carbonyl (C=O) groups is 2. The Morgan fingerprint density at radius 2 is 1.77 bits per heavy atom. The zero-order valence-corrected chi connectivity index (χ0v) is 19.5. The molecule has 2 heterocycles. The predicted octanol–water partition coefficient (Wildman–Crippen LogP) is 3.13. The van der Waals surface area contributed by atoms with E-state index in [1.54, 1.807) is 18.2 Å².